The molecule has 0 radical (unpaired) electrons. The molecule has 2 rings (SSSR count). The van der Waals surface area contributed by atoms with E-state index in [9.17, 15) is 4.79 Å². The molecule has 0 bridgehead atoms. The second-order valence-electron chi connectivity index (χ2n) is 4.83. The summed E-state index contributed by atoms with van der Waals surface area (Å²) in [6, 6.07) is 0. The molecule has 2 fully saturated rings. The van der Waals surface area contributed by atoms with Crippen molar-refractivity contribution in [1.29, 1.82) is 0 Å². The summed E-state index contributed by atoms with van der Waals surface area (Å²) in [5, 5.41) is 0. The predicted octanol–water partition coefficient (Wildman–Crippen LogP) is 3.10. The molecular formula is C12H18O. The van der Waals surface area contributed by atoms with Gasteiger partial charge in [-0.3, -0.25) is 4.79 Å². The molecule has 0 aromatic heterocycles. The summed E-state index contributed by atoms with van der Waals surface area (Å²) in [7, 11) is 0. The Bertz CT molecular complexity index is 266. The largest absolute Gasteiger partial charge is 0.299 e. The Morgan fingerprint density at radius 2 is 2.23 bits per heavy atom. The lowest BCUT2D eigenvalue weighted by atomic mass is 9.93. The molecule has 0 aromatic rings. The minimum Gasteiger partial charge on any atom is -0.299 e. The van der Waals surface area contributed by atoms with Crippen LogP contribution in [0.25, 0.3) is 0 Å². The van der Waals surface area contributed by atoms with Crippen LogP contribution in [0.5, 0.6) is 0 Å². The van der Waals surface area contributed by atoms with Crippen LogP contribution in [0.3, 0.4) is 0 Å². The highest BCUT2D eigenvalue weighted by atomic mass is 16.1. The summed E-state index contributed by atoms with van der Waals surface area (Å²) in [6.45, 7) is 4.41. The fourth-order valence-electron chi connectivity index (χ4n) is 2.90. The van der Waals surface area contributed by atoms with E-state index in [1.807, 2.05) is 0 Å². The van der Waals surface area contributed by atoms with Gasteiger partial charge >= 0.3 is 0 Å². The summed E-state index contributed by atoms with van der Waals surface area (Å²) < 4.78 is 0. The highest BCUT2D eigenvalue weighted by Crippen LogP contribution is 2.73. The maximum atomic E-state index is 11.7. The molecule has 2 aliphatic rings. The van der Waals surface area contributed by atoms with E-state index in [0.29, 0.717) is 11.2 Å². The van der Waals surface area contributed by atoms with Crippen LogP contribution in [0.1, 0.15) is 46.0 Å². The molecule has 13 heavy (non-hydrogen) atoms. The maximum Gasteiger partial charge on any atom is 0.139 e. The second kappa shape index (κ2) is 2.70. The van der Waals surface area contributed by atoms with Crippen molar-refractivity contribution in [3.63, 3.8) is 0 Å². The Morgan fingerprint density at radius 1 is 1.46 bits per heavy atom. The zero-order valence-corrected chi connectivity index (χ0v) is 8.60. The van der Waals surface area contributed by atoms with Crippen molar-refractivity contribution in [2.75, 3.05) is 0 Å². The summed E-state index contributed by atoms with van der Waals surface area (Å²) in [5.74, 6) is 0.524. The molecule has 0 aliphatic heterocycles. The third-order valence-corrected chi connectivity index (χ3v) is 4.03. The molecule has 0 aromatic carbocycles. The lowest BCUT2D eigenvalue weighted by Crippen LogP contribution is -2.13. The average molecular weight is 178 g/mol. The zero-order valence-electron chi connectivity index (χ0n) is 8.60. The normalized spacial score (nSPS) is 42.8. The Morgan fingerprint density at radius 3 is 2.69 bits per heavy atom. The van der Waals surface area contributed by atoms with Crippen LogP contribution in [0, 0.1) is 10.8 Å². The van der Waals surface area contributed by atoms with E-state index in [1.165, 1.54) is 0 Å². The molecule has 72 valence electrons. The number of hydrogen-bond acceptors (Lipinski definition) is 1. The average Bonchev–Trinajstić information content (AvgIpc) is 2.63. The van der Waals surface area contributed by atoms with Crippen molar-refractivity contribution in [1.82, 2.24) is 0 Å². The van der Waals surface area contributed by atoms with Crippen LogP contribution in [-0.2, 0) is 4.79 Å². The van der Waals surface area contributed by atoms with Gasteiger partial charge in [0.2, 0.25) is 0 Å². The molecule has 2 unspecified atom stereocenters. The number of allylic oxidation sites excluding steroid dienone is 2. The summed E-state index contributed by atoms with van der Waals surface area (Å²) in [6.07, 6.45) is 9.57. The van der Waals surface area contributed by atoms with Crippen molar-refractivity contribution < 1.29 is 4.79 Å². The molecule has 0 heterocycles. The van der Waals surface area contributed by atoms with Gasteiger partial charge in [0.1, 0.15) is 5.78 Å². The molecule has 2 aliphatic carbocycles. The third-order valence-electron chi connectivity index (χ3n) is 4.03. The van der Waals surface area contributed by atoms with E-state index in [4.69, 9.17) is 0 Å². The minimum atomic E-state index is 0.0820. The van der Waals surface area contributed by atoms with E-state index < -0.39 is 0 Å². The standard InChI is InChI=1S/C12H18O/c1-3-4-5-7-12-9-11(12,2)8-6-10(12)13/h4-5H,3,6-9H2,1-2H3/b5-4-. The maximum absolute atomic E-state index is 11.7. The van der Waals surface area contributed by atoms with Crippen molar-refractivity contribution in [3.8, 4) is 0 Å². The van der Waals surface area contributed by atoms with Gasteiger partial charge in [-0.1, -0.05) is 26.0 Å². The van der Waals surface area contributed by atoms with Gasteiger partial charge in [-0.15, -0.1) is 0 Å². The molecule has 0 spiro atoms. The van der Waals surface area contributed by atoms with Gasteiger partial charge in [0.15, 0.2) is 0 Å². The Labute approximate surface area is 80.2 Å². The first-order valence-corrected chi connectivity index (χ1v) is 5.33. The first-order chi connectivity index (χ1) is 6.15. The van der Waals surface area contributed by atoms with E-state index >= 15 is 0 Å². The van der Waals surface area contributed by atoms with Crippen molar-refractivity contribution >= 4 is 5.78 Å². The fraction of sp³-hybridized carbons (Fsp3) is 0.750. The SMILES string of the molecule is CC/C=C\CC12CC1(C)CCC2=O. The molecular weight excluding hydrogens is 160 g/mol. The van der Waals surface area contributed by atoms with Gasteiger partial charge in [-0.2, -0.15) is 0 Å². The number of hydrogen-bond donors (Lipinski definition) is 0. The van der Waals surface area contributed by atoms with Gasteiger partial charge in [0.25, 0.3) is 0 Å². The number of ketones is 1. The van der Waals surface area contributed by atoms with E-state index in [2.05, 4.69) is 26.0 Å². The molecule has 1 heteroatoms. The monoisotopic (exact) mass is 178 g/mol. The Hall–Kier alpha value is -0.590. The van der Waals surface area contributed by atoms with Crippen LogP contribution < -0.4 is 0 Å². The lowest BCUT2D eigenvalue weighted by Gasteiger charge is -2.09. The van der Waals surface area contributed by atoms with Crippen LogP contribution in [0.4, 0.5) is 0 Å². The first-order valence-electron chi connectivity index (χ1n) is 5.33. The summed E-state index contributed by atoms with van der Waals surface area (Å²) in [4.78, 5) is 11.7. The minimum absolute atomic E-state index is 0.0820. The fourth-order valence-corrected chi connectivity index (χ4v) is 2.90. The Kier molecular flexibility index (Phi) is 1.86. The first kappa shape index (κ1) is 8.98. The summed E-state index contributed by atoms with van der Waals surface area (Å²) >= 11 is 0. The number of fused-ring (bicyclic) bond motifs is 1. The van der Waals surface area contributed by atoms with Crippen LogP contribution in [-0.4, -0.2) is 5.78 Å². The molecule has 0 N–H and O–H groups in total. The van der Waals surface area contributed by atoms with Crippen LogP contribution in [0.2, 0.25) is 0 Å². The number of carbonyl (C=O) groups excluding carboxylic acids is 1. The molecule has 1 nitrogen and oxygen atoms in total. The predicted molar refractivity (Wildman–Crippen MR) is 53.4 cm³/mol. The Balaban J connectivity index is 2.06. The molecule has 0 amide bonds. The van der Waals surface area contributed by atoms with Gasteiger partial charge in [-0.05, 0) is 31.1 Å². The highest BCUT2D eigenvalue weighted by molar-refractivity contribution is 5.92. The number of Topliss-reactive ketones (excluding diaryl/α,β-unsaturated/α-hetero) is 1. The van der Waals surface area contributed by atoms with Crippen LogP contribution >= 0.6 is 0 Å². The van der Waals surface area contributed by atoms with Crippen molar-refractivity contribution in [2.24, 2.45) is 10.8 Å². The molecule has 2 atom stereocenters. The molecule has 2 saturated carbocycles. The van der Waals surface area contributed by atoms with E-state index in [1.54, 1.807) is 0 Å². The summed E-state index contributed by atoms with van der Waals surface area (Å²) in [5.41, 5.74) is 0.459. The topological polar surface area (TPSA) is 17.1 Å². The van der Waals surface area contributed by atoms with E-state index in [-0.39, 0.29) is 5.41 Å². The quantitative estimate of drug-likeness (QED) is 0.607. The smallest absolute Gasteiger partial charge is 0.139 e. The van der Waals surface area contributed by atoms with Gasteiger partial charge in [-0.25, -0.2) is 0 Å². The van der Waals surface area contributed by atoms with Gasteiger partial charge in [0.05, 0.1) is 0 Å². The van der Waals surface area contributed by atoms with Gasteiger partial charge in [0, 0.05) is 11.8 Å². The van der Waals surface area contributed by atoms with Crippen molar-refractivity contribution in [2.45, 2.75) is 46.0 Å². The van der Waals surface area contributed by atoms with Crippen molar-refractivity contribution in [3.05, 3.63) is 12.2 Å². The number of carbonyl (C=O) groups is 1. The number of rotatable bonds is 3. The van der Waals surface area contributed by atoms with Gasteiger partial charge < -0.3 is 0 Å². The zero-order chi connectivity index (χ0) is 9.53. The second-order valence-corrected chi connectivity index (χ2v) is 4.83. The van der Waals surface area contributed by atoms with E-state index in [0.717, 1.165) is 32.1 Å². The third kappa shape index (κ3) is 1.09. The molecule has 0 saturated heterocycles. The van der Waals surface area contributed by atoms with Crippen LogP contribution in [0.15, 0.2) is 12.2 Å². The highest BCUT2D eigenvalue weighted by Gasteiger charge is 2.70. The lowest BCUT2D eigenvalue weighted by molar-refractivity contribution is -0.122.